The van der Waals surface area contributed by atoms with Gasteiger partial charge in [-0.05, 0) is 108 Å². The molecule has 0 atom stereocenters. The van der Waals surface area contributed by atoms with Crippen molar-refractivity contribution in [2.45, 2.75) is 84.9 Å². The van der Waals surface area contributed by atoms with Gasteiger partial charge in [0.05, 0.1) is 18.9 Å². The number of carbonyl (C=O) groups is 3. The standard InChI is InChI=1S/C41H48F3N7O7/c1-39(2,3)57-37(53)47-33(45)28-14-18-30(19-15-28)55-24-10-22-50-26-32(27-12-8-7-9-13-27)51(36(50)49-35(52)41(42,43)44)23-11-25-56-31-20-16-29(17-21-31)34(46)48-38(54)58-40(4,5)6/h7-9,12-21,26H,10-11,22-25H2,1-6H3,(H2,45,47,53)(H2,46,48,54). The molecule has 0 radical (unpaired) electrons. The predicted octanol–water partition coefficient (Wildman–Crippen LogP) is 7.58. The Morgan fingerprint density at radius 1 is 0.672 bits per heavy atom. The second-order valence-electron chi connectivity index (χ2n) is 14.9. The molecule has 4 aromatic rings. The maximum Gasteiger partial charge on any atom is 0.473 e. The molecule has 0 saturated heterocycles. The molecule has 17 heteroatoms. The van der Waals surface area contributed by atoms with Crippen LogP contribution in [0.5, 0.6) is 11.5 Å². The van der Waals surface area contributed by atoms with Crippen molar-refractivity contribution >= 4 is 29.8 Å². The van der Waals surface area contributed by atoms with E-state index in [0.29, 0.717) is 46.7 Å². The summed E-state index contributed by atoms with van der Waals surface area (Å²) in [4.78, 5) is 39.9. The zero-order valence-electron chi connectivity index (χ0n) is 33.2. The third kappa shape index (κ3) is 14.0. The van der Waals surface area contributed by atoms with Gasteiger partial charge in [-0.15, -0.1) is 0 Å². The summed E-state index contributed by atoms with van der Waals surface area (Å²) in [5, 5.41) is 21.1. The van der Waals surface area contributed by atoms with Gasteiger partial charge in [-0.1, -0.05) is 30.3 Å². The Kier molecular flexibility index (Phi) is 14.6. The van der Waals surface area contributed by atoms with E-state index in [1.807, 2.05) is 6.07 Å². The maximum absolute atomic E-state index is 13.5. The molecule has 14 nitrogen and oxygen atoms in total. The summed E-state index contributed by atoms with van der Waals surface area (Å²) in [7, 11) is 0. The maximum atomic E-state index is 13.5. The van der Waals surface area contributed by atoms with Crippen LogP contribution in [0.1, 0.15) is 65.5 Å². The van der Waals surface area contributed by atoms with Gasteiger partial charge in [0, 0.05) is 30.4 Å². The van der Waals surface area contributed by atoms with Gasteiger partial charge in [0.1, 0.15) is 34.4 Å². The summed E-state index contributed by atoms with van der Waals surface area (Å²) < 4.78 is 65.8. The van der Waals surface area contributed by atoms with Gasteiger partial charge in [0.2, 0.25) is 5.62 Å². The van der Waals surface area contributed by atoms with Gasteiger partial charge in [-0.2, -0.15) is 18.2 Å². The number of alkyl halides is 3. The largest absolute Gasteiger partial charge is 0.494 e. The van der Waals surface area contributed by atoms with Crippen molar-refractivity contribution in [3.63, 3.8) is 0 Å². The number of amides is 3. The van der Waals surface area contributed by atoms with E-state index in [1.54, 1.807) is 125 Å². The molecular formula is C41H48F3N7O7. The van der Waals surface area contributed by atoms with E-state index in [-0.39, 0.29) is 43.6 Å². The Morgan fingerprint density at radius 2 is 1.12 bits per heavy atom. The van der Waals surface area contributed by atoms with Crippen LogP contribution in [0.3, 0.4) is 0 Å². The van der Waals surface area contributed by atoms with E-state index in [0.717, 1.165) is 0 Å². The fourth-order valence-electron chi connectivity index (χ4n) is 5.27. The highest BCUT2D eigenvalue weighted by molar-refractivity contribution is 6.05. The van der Waals surface area contributed by atoms with Crippen molar-refractivity contribution in [1.29, 1.82) is 10.8 Å². The fraction of sp³-hybridized carbons (Fsp3) is 0.366. The van der Waals surface area contributed by atoms with Crippen LogP contribution in [0.4, 0.5) is 22.8 Å². The molecule has 0 bridgehead atoms. The first-order valence-electron chi connectivity index (χ1n) is 18.3. The molecule has 1 aromatic heterocycles. The summed E-state index contributed by atoms with van der Waals surface area (Å²) in [5.74, 6) is -1.64. The van der Waals surface area contributed by atoms with E-state index in [9.17, 15) is 27.6 Å². The molecule has 3 amide bonds. The first-order chi connectivity index (χ1) is 27.2. The number of nitrogens with one attached hydrogen (secondary N) is 4. The molecule has 0 aliphatic carbocycles. The monoisotopic (exact) mass is 807 g/mol. The van der Waals surface area contributed by atoms with E-state index < -0.39 is 35.5 Å². The van der Waals surface area contributed by atoms with E-state index >= 15 is 0 Å². The van der Waals surface area contributed by atoms with Crippen molar-refractivity contribution in [2.75, 3.05) is 13.2 Å². The van der Waals surface area contributed by atoms with Crippen LogP contribution in [0.2, 0.25) is 0 Å². The summed E-state index contributed by atoms with van der Waals surface area (Å²) >= 11 is 0. The molecule has 0 aliphatic heterocycles. The van der Waals surface area contributed by atoms with Gasteiger partial charge >= 0.3 is 24.3 Å². The molecule has 3 aromatic carbocycles. The highest BCUT2D eigenvalue weighted by Gasteiger charge is 2.39. The lowest BCUT2D eigenvalue weighted by Gasteiger charge is -2.19. The molecule has 0 aliphatic rings. The Bertz CT molecular complexity index is 2130. The van der Waals surface area contributed by atoms with Crippen LogP contribution in [0, 0.1) is 10.8 Å². The minimum Gasteiger partial charge on any atom is -0.494 e. The number of imidazole rings is 1. The molecule has 0 spiro atoms. The fourth-order valence-corrected chi connectivity index (χ4v) is 5.27. The lowest BCUT2D eigenvalue weighted by atomic mass is 10.1. The number of ether oxygens (including phenoxy) is 4. The molecule has 4 N–H and O–H groups in total. The van der Waals surface area contributed by atoms with Crippen molar-refractivity contribution in [3.05, 3.63) is 102 Å². The molecule has 0 fully saturated rings. The number of rotatable bonds is 13. The van der Waals surface area contributed by atoms with Crippen molar-refractivity contribution in [2.24, 2.45) is 4.99 Å². The average Bonchev–Trinajstić information content (AvgIpc) is 3.46. The number of carbonyl (C=O) groups excluding carboxylic acids is 3. The van der Waals surface area contributed by atoms with E-state index in [1.165, 1.54) is 4.57 Å². The smallest absolute Gasteiger partial charge is 0.473 e. The zero-order valence-corrected chi connectivity index (χ0v) is 33.2. The Hall–Kier alpha value is -6.39. The molecule has 58 heavy (non-hydrogen) atoms. The normalized spacial score (nSPS) is 12.1. The number of halogens is 3. The molecular weight excluding hydrogens is 759 g/mol. The number of hydrogen-bond donors (Lipinski definition) is 4. The Morgan fingerprint density at radius 3 is 1.55 bits per heavy atom. The highest BCUT2D eigenvalue weighted by atomic mass is 19.4. The zero-order chi connectivity index (χ0) is 42.7. The van der Waals surface area contributed by atoms with Gasteiger partial charge in [-0.25, -0.2) is 9.59 Å². The molecule has 310 valence electrons. The quantitative estimate of drug-likeness (QED) is 0.0610. The summed E-state index contributed by atoms with van der Waals surface area (Å²) in [6, 6.07) is 21.8. The molecule has 0 saturated carbocycles. The average molecular weight is 808 g/mol. The Balaban J connectivity index is 1.44. The summed E-state index contributed by atoms with van der Waals surface area (Å²) in [6.45, 7) is 10.9. The first kappa shape index (κ1) is 44.3. The number of benzene rings is 3. The van der Waals surface area contributed by atoms with Crippen LogP contribution < -0.4 is 25.7 Å². The van der Waals surface area contributed by atoms with Crippen LogP contribution in [-0.2, 0) is 27.4 Å². The van der Waals surface area contributed by atoms with Crippen LogP contribution >= 0.6 is 0 Å². The third-order valence-corrected chi connectivity index (χ3v) is 7.73. The SMILES string of the molecule is CC(C)(C)OC(=O)NC(=N)c1ccc(OCCCn2cc(-c3ccccc3)n(CCCOc3ccc(C(=N)NC(=O)OC(C)(C)C)cc3)c2=NC(=O)C(F)(F)F)cc1. The molecule has 4 rings (SSSR count). The van der Waals surface area contributed by atoms with E-state index in [4.69, 9.17) is 29.8 Å². The topological polar surface area (TPSA) is 182 Å². The summed E-state index contributed by atoms with van der Waals surface area (Å²) in [5.41, 5.74) is 0.419. The second kappa shape index (κ2) is 19.2. The number of alkyl carbamates (subject to hydrolysis) is 2. The van der Waals surface area contributed by atoms with Crippen molar-refractivity contribution in [1.82, 2.24) is 19.8 Å². The number of hydrogen-bond acceptors (Lipinski definition) is 9. The number of aromatic nitrogens is 2. The van der Waals surface area contributed by atoms with Gasteiger partial charge in [0.15, 0.2) is 0 Å². The van der Waals surface area contributed by atoms with Crippen molar-refractivity contribution in [3.8, 4) is 22.8 Å². The summed E-state index contributed by atoms with van der Waals surface area (Å²) in [6.07, 6.45) is -4.41. The highest BCUT2D eigenvalue weighted by Crippen LogP contribution is 2.21. The van der Waals surface area contributed by atoms with Crippen LogP contribution in [0.15, 0.2) is 90.1 Å². The first-order valence-corrected chi connectivity index (χ1v) is 18.3. The van der Waals surface area contributed by atoms with Crippen molar-refractivity contribution < 1.29 is 46.5 Å². The van der Waals surface area contributed by atoms with Crippen LogP contribution in [-0.4, -0.2) is 69.5 Å². The number of amidine groups is 2. The number of aryl methyl sites for hydroxylation is 1. The van der Waals surface area contributed by atoms with Gasteiger partial charge in [-0.3, -0.25) is 26.2 Å². The Labute approximate surface area is 334 Å². The third-order valence-electron chi connectivity index (χ3n) is 7.73. The second-order valence-corrected chi connectivity index (χ2v) is 14.9. The van der Waals surface area contributed by atoms with Crippen LogP contribution in [0.25, 0.3) is 11.3 Å². The lowest BCUT2D eigenvalue weighted by molar-refractivity contribution is -0.169. The lowest BCUT2D eigenvalue weighted by Crippen LogP contribution is -2.36. The minimum absolute atomic E-state index is 0.143. The van der Waals surface area contributed by atoms with E-state index in [2.05, 4.69) is 15.6 Å². The predicted molar refractivity (Wildman–Crippen MR) is 210 cm³/mol. The molecule has 1 heterocycles. The van der Waals surface area contributed by atoms with Gasteiger partial charge < -0.3 is 28.1 Å². The molecule has 0 unspecified atom stereocenters. The number of nitrogens with zero attached hydrogens (tertiary/aromatic N) is 3. The minimum atomic E-state index is -5.19. The van der Waals surface area contributed by atoms with Gasteiger partial charge in [0.25, 0.3) is 0 Å².